The van der Waals surface area contributed by atoms with Crippen molar-refractivity contribution in [1.82, 2.24) is 4.98 Å². The molecule has 1 fully saturated rings. The van der Waals surface area contributed by atoms with Crippen LogP contribution in [0.3, 0.4) is 0 Å². The smallest absolute Gasteiger partial charge is 0.134 e. The first-order valence-electron chi connectivity index (χ1n) is 7.59. The van der Waals surface area contributed by atoms with Gasteiger partial charge in [-0.15, -0.1) is 0 Å². The van der Waals surface area contributed by atoms with Crippen molar-refractivity contribution in [3.8, 4) is 5.75 Å². The van der Waals surface area contributed by atoms with E-state index >= 15 is 0 Å². The van der Waals surface area contributed by atoms with E-state index < -0.39 is 0 Å². The van der Waals surface area contributed by atoms with Crippen molar-refractivity contribution in [1.29, 1.82) is 0 Å². The highest BCUT2D eigenvalue weighted by Gasteiger charge is 2.34. The molecule has 21 heavy (non-hydrogen) atoms. The molecule has 112 valence electrons. The standard InChI is InChI=1S/C17H22N2O2/c1-12-4-7-17(11-20,8-5-12)19-16-15-10-14(21)3-2-13(15)6-9-18-16/h2-3,6,9-10,12,20-21H,4-5,7-8,11H2,1H3,(H,18,19). The summed E-state index contributed by atoms with van der Waals surface area (Å²) in [7, 11) is 0. The number of fused-ring (bicyclic) bond motifs is 1. The molecular formula is C17H22N2O2. The topological polar surface area (TPSA) is 65.4 Å². The minimum absolute atomic E-state index is 0.108. The van der Waals surface area contributed by atoms with Gasteiger partial charge < -0.3 is 15.5 Å². The molecule has 3 rings (SSSR count). The summed E-state index contributed by atoms with van der Waals surface area (Å²) >= 11 is 0. The number of anilines is 1. The van der Waals surface area contributed by atoms with Gasteiger partial charge in [0, 0.05) is 11.6 Å². The zero-order chi connectivity index (χ0) is 14.9. The first-order chi connectivity index (χ1) is 10.1. The van der Waals surface area contributed by atoms with Crippen LogP contribution in [0.1, 0.15) is 32.6 Å². The molecule has 4 nitrogen and oxygen atoms in total. The third-order valence-corrected chi connectivity index (χ3v) is 4.67. The fourth-order valence-electron chi connectivity index (χ4n) is 3.14. The van der Waals surface area contributed by atoms with Crippen LogP contribution >= 0.6 is 0 Å². The number of hydrogen-bond acceptors (Lipinski definition) is 4. The van der Waals surface area contributed by atoms with Crippen molar-refractivity contribution in [3.63, 3.8) is 0 Å². The third-order valence-electron chi connectivity index (χ3n) is 4.67. The van der Waals surface area contributed by atoms with Gasteiger partial charge in [0.1, 0.15) is 11.6 Å². The molecule has 0 atom stereocenters. The van der Waals surface area contributed by atoms with Crippen LogP contribution in [0, 0.1) is 5.92 Å². The fourth-order valence-corrected chi connectivity index (χ4v) is 3.14. The van der Waals surface area contributed by atoms with Gasteiger partial charge in [0.05, 0.1) is 12.1 Å². The molecule has 1 aliphatic carbocycles. The van der Waals surface area contributed by atoms with E-state index in [1.807, 2.05) is 12.1 Å². The van der Waals surface area contributed by atoms with Crippen LogP contribution in [0.2, 0.25) is 0 Å². The van der Waals surface area contributed by atoms with Gasteiger partial charge in [0.2, 0.25) is 0 Å². The highest BCUT2D eigenvalue weighted by Crippen LogP contribution is 2.36. The Balaban J connectivity index is 1.95. The van der Waals surface area contributed by atoms with E-state index in [2.05, 4.69) is 17.2 Å². The molecule has 1 saturated carbocycles. The molecule has 3 N–H and O–H groups in total. The normalized spacial score (nSPS) is 25.9. The highest BCUT2D eigenvalue weighted by atomic mass is 16.3. The van der Waals surface area contributed by atoms with E-state index in [0.717, 1.165) is 48.2 Å². The molecule has 0 amide bonds. The molecule has 0 bridgehead atoms. The number of aromatic nitrogens is 1. The average molecular weight is 286 g/mol. The largest absolute Gasteiger partial charge is 0.508 e. The van der Waals surface area contributed by atoms with Gasteiger partial charge in [0.15, 0.2) is 0 Å². The van der Waals surface area contributed by atoms with Gasteiger partial charge in [-0.05, 0) is 55.2 Å². The summed E-state index contributed by atoms with van der Waals surface area (Å²) in [6, 6.07) is 7.21. The van der Waals surface area contributed by atoms with Gasteiger partial charge >= 0.3 is 0 Å². The van der Waals surface area contributed by atoms with E-state index in [4.69, 9.17) is 0 Å². The Labute approximate surface area is 124 Å². The van der Waals surface area contributed by atoms with E-state index in [9.17, 15) is 10.2 Å². The maximum absolute atomic E-state index is 9.88. The Hall–Kier alpha value is -1.81. The summed E-state index contributed by atoms with van der Waals surface area (Å²) in [4.78, 5) is 4.42. The molecule has 1 aromatic carbocycles. The maximum Gasteiger partial charge on any atom is 0.134 e. The number of phenols is 1. The SMILES string of the molecule is CC1CCC(CO)(Nc2nccc3ccc(O)cc23)CC1. The summed E-state index contributed by atoms with van der Waals surface area (Å²) in [5.41, 5.74) is -0.292. The van der Waals surface area contributed by atoms with Gasteiger partial charge in [-0.2, -0.15) is 0 Å². The lowest BCUT2D eigenvalue weighted by molar-refractivity contribution is 0.155. The lowest BCUT2D eigenvalue weighted by Gasteiger charge is -2.39. The van der Waals surface area contributed by atoms with Gasteiger partial charge in [-0.25, -0.2) is 4.98 Å². The van der Waals surface area contributed by atoms with Crippen molar-refractivity contribution in [2.75, 3.05) is 11.9 Å². The van der Waals surface area contributed by atoms with Gasteiger partial charge in [0.25, 0.3) is 0 Å². The molecule has 2 aromatic rings. The number of benzene rings is 1. The molecular weight excluding hydrogens is 264 g/mol. The number of hydrogen-bond donors (Lipinski definition) is 3. The van der Waals surface area contributed by atoms with Crippen molar-refractivity contribution >= 4 is 16.6 Å². The van der Waals surface area contributed by atoms with Crippen molar-refractivity contribution in [2.45, 2.75) is 38.1 Å². The van der Waals surface area contributed by atoms with E-state index in [-0.39, 0.29) is 17.9 Å². The van der Waals surface area contributed by atoms with Crippen molar-refractivity contribution < 1.29 is 10.2 Å². The summed E-state index contributed by atoms with van der Waals surface area (Å²) in [5.74, 6) is 1.69. The zero-order valence-corrected chi connectivity index (χ0v) is 12.3. The molecule has 0 radical (unpaired) electrons. The number of aliphatic hydroxyl groups is 1. The predicted octanol–water partition coefficient (Wildman–Crippen LogP) is 3.29. The Morgan fingerprint density at radius 1 is 1.29 bits per heavy atom. The number of phenolic OH excluding ortho intramolecular Hbond substituents is 1. The molecule has 4 heteroatoms. The number of pyridine rings is 1. The number of nitrogens with one attached hydrogen (secondary N) is 1. The summed E-state index contributed by atoms with van der Waals surface area (Å²) in [6.07, 6.45) is 5.88. The molecule has 0 aliphatic heterocycles. The number of aliphatic hydroxyl groups excluding tert-OH is 1. The van der Waals surface area contributed by atoms with Crippen LogP contribution in [0.5, 0.6) is 5.75 Å². The first-order valence-corrected chi connectivity index (χ1v) is 7.59. The second kappa shape index (κ2) is 5.53. The first kappa shape index (κ1) is 14.1. The highest BCUT2D eigenvalue weighted by molar-refractivity contribution is 5.92. The Morgan fingerprint density at radius 2 is 2.05 bits per heavy atom. The maximum atomic E-state index is 9.88. The Kier molecular flexibility index (Phi) is 3.72. The van der Waals surface area contributed by atoms with E-state index in [0.29, 0.717) is 0 Å². The minimum Gasteiger partial charge on any atom is -0.508 e. The second-order valence-electron chi connectivity index (χ2n) is 6.31. The monoisotopic (exact) mass is 286 g/mol. The zero-order valence-electron chi connectivity index (χ0n) is 12.3. The van der Waals surface area contributed by atoms with E-state index in [1.54, 1.807) is 18.3 Å². The quantitative estimate of drug-likeness (QED) is 0.810. The summed E-state index contributed by atoms with van der Waals surface area (Å²) < 4.78 is 0. The minimum atomic E-state index is -0.292. The van der Waals surface area contributed by atoms with E-state index in [1.165, 1.54) is 0 Å². The Morgan fingerprint density at radius 3 is 2.76 bits per heavy atom. The number of rotatable bonds is 3. The molecule has 0 saturated heterocycles. The summed E-state index contributed by atoms with van der Waals surface area (Å²) in [6.45, 7) is 2.37. The molecule has 0 unspecified atom stereocenters. The van der Waals surface area contributed by atoms with Gasteiger partial charge in [-0.3, -0.25) is 0 Å². The molecule has 1 heterocycles. The van der Waals surface area contributed by atoms with Crippen LogP contribution in [0.15, 0.2) is 30.5 Å². The number of aromatic hydroxyl groups is 1. The predicted molar refractivity (Wildman–Crippen MR) is 84.5 cm³/mol. The number of nitrogens with zero attached hydrogens (tertiary/aromatic N) is 1. The van der Waals surface area contributed by atoms with Crippen molar-refractivity contribution in [2.24, 2.45) is 5.92 Å². The molecule has 0 spiro atoms. The lowest BCUT2D eigenvalue weighted by Crippen LogP contribution is -2.45. The summed E-state index contributed by atoms with van der Waals surface area (Å²) in [5, 5.41) is 25.0. The van der Waals surface area contributed by atoms with Gasteiger partial charge in [-0.1, -0.05) is 13.0 Å². The lowest BCUT2D eigenvalue weighted by atomic mass is 9.77. The van der Waals surface area contributed by atoms with Crippen LogP contribution < -0.4 is 5.32 Å². The molecule has 1 aliphatic rings. The molecule has 1 aromatic heterocycles. The van der Waals surface area contributed by atoms with Crippen LogP contribution in [-0.2, 0) is 0 Å². The Bertz CT molecular complexity index is 634. The third kappa shape index (κ3) is 2.81. The average Bonchev–Trinajstić information content (AvgIpc) is 2.50. The van der Waals surface area contributed by atoms with Crippen LogP contribution in [0.25, 0.3) is 10.8 Å². The van der Waals surface area contributed by atoms with Crippen LogP contribution in [-0.4, -0.2) is 27.3 Å². The second-order valence-corrected chi connectivity index (χ2v) is 6.31. The van der Waals surface area contributed by atoms with Crippen LogP contribution in [0.4, 0.5) is 5.82 Å². The van der Waals surface area contributed by atoms with Crippen molar-refractivity contribution in [3.05, 3.63) is 30.5 Å². The fraction of sp³-hybridized carbons (Fsp3) is 0.471.